The molecule has 0 amide bonds. The standard InChI is InChI=1S/C21H24N2O2S/c1-14(2)13-23-19-8-6-5-7-18(19)22-21(23)26-15(3)20(24)16-9-11-17(25-4)12-10-16/h5-12,14-15H,13H2,1-4H3/t15-/m1/s1. The zero-order valence-electron chi connectivity index (χ0n) is 15.6. The van der Waals surface area contributed by atoms with E-state index in [1.54, 1.807) is 7.11 Å². The quantitative estimate of drug-likeness (QED) is 0.432. The Bertz CT molecular complexity index is 900. The largest absolute Gasteiger partial charge is 0.497 e. The van der Waals surface area contributed by atoms with Crippen LogP contribution in [0.2, 0.25) is 0 Å². The van der Waals surface area contributed by atoms with Crippen molar-refractivity contribution in [2.75, 3.05) is 7.11 Å². The van der Waals surface area contributed by atoms with Crippen molar-refractivity contribution in [1.82, 2.24) is 9.55 Å². The summed E-state index contributed by atoms with van der Waals surface area (Å²) in [4.78, 5) is 17.6. The molecule has 0 aliphatic carbocycles. The molecule has 2 aromatic carbocycles. The Morgan fingerprint density at radius 3 is 2.46 bits per heavy atom. The Morgan fingerprint density at radius 2 is 1.81 bits per heavy atom. The molecule has 0 aliphatic heterocycles. The van der Waals surface area contributed by atoms with E-state index in [9.17, 15) is 4.79 Å². The minimum Gasteiger partial charge on any atom is -0.497 e. The molecule has 1 heterocycles. The molecule has 136 valence electrons. The lowest BCUT2D eigenvalue weighted by atomic mass is 10.1. The minimum atomic E-state index is -0.217. The highest BCUT2D eigenvalue weighted by Gasteiger charge is 2.21. The predicted molar refractivity (Wildman–Crippen MR) is 107 cm³/mol. The summed E-state index contributed by atoms with van der Waals surface area (Å²) in [6, 6.07) is 15.4. The minimum absolute atomic E-state index is 0.0980. The number of fused-ring (bicyclic) bond motifs is 1. The van der Waals surface area contributed by atoms with Gasteiger partial charge >= 0.3 is 0 Å². The maximum absolute atomic E-state index is 12.8. The summed E-state index contributed by atoms with van der Waals surface area (Å²) in [6.07, 6.45) is 0. The molecule has 26 heavy (non-hydrogen) atoms. The molecule has 5 heteroatoms. The number of thioether (sulfide) groups is 1. The molecule has 0 saturated heterocycles. The first-order valence-electron chi connectivity index (χ1n) is 8.79. The number of hydrogen-bond donors (Lipinski definition) is 0. The van der Waals surface area contributed by atoms with Gasteiger partial charge < -0.3 is 9.30 Å². The smallest absolute Gasteiger partial charge is 0.175 e. The molecule has 0 aliphatic rings. The Hall–Kier alpha value is -2.27. The van der Waals surface area contributed by atoms with Crippen LogP contribution in [0.25, 0.3) is 11.0 Å². The van der Waals surface area contributed by atoms with Gasteiger partial charge in [0.05, 0.1) is 23.4 Å². The van der Waals surface area contributed by atoms with Crippen LogP contribution in [0.4, 0.5) is 0 Å². The number of ketones is 1. The number of carbonyl (C=O) groups is 1. The van der Waals surface area contributed by atoms with Gasteiger partial charge in [0.25, 0.3) is 0 Å². The Labute approximate surface area is 158 Å². The van der Waals surface area contributed by atoms with Gasteiger partial charge in [-0.25, -0.2) is 4.98 Å². The second-order valence-corrected chi connectivity index (χ2v) is 8.05. The van der Waals surface area contributed by atoms with Crippen LogP contribution < -0.4 is 4.74 Å². The summed E-state index contributed by atoms with van der Waals surface area (Å²) in [5.74, 6) is 1.35. The monoisotopic (exact) mass is 368 g/mol. The van der Waals surface area contributed by atoms with E-state index in [1.165, 1.54) is 11.8 Å². The second-order valence-electron chi connectivity index (χ2n) is 6.74. The van der Waals surface area contributed by atoms with Crippen molar-refractivity contribution in [2.45, 2.75) is 37.7 Å². The molecule has 3 aromatic rings. The van der Waals surface area contributed by atoms with E-state index in [-0.39, 0.29) is 11.0 Å². The molecule has 0 fully saturated rings. The number of nitrogens with zero attached hydrogens (tertiary/aromatic N) is 2. The summed E-state index contributed by atoms with van der Waals surface area (Å²) < 4.78 is 7.39. The third-order valence-electron chi connectivity index (χ3n) is 4.19. The Kier molecular flexibility index (Phi) is 5.67. The SMILES string of the molecule is COc1ccc(C(=O)[C@@H](C)Sc2nc3ccccc3n2CC(C)C)cc1. The molecule has 0 radical (unpaired) electrons. The highest BCUT2D eigenvalue weighted by Crippen LogP contribution is 2.30. The summed E-state index contributed by atoms with van der Waals surface area (Å²) in [5, 5.41) is 0.681. The van der Waals surface area contributed by atoms with Crippen molar-refractivity contribution in [1.29, 1.82) is 0 Å². The van der Waals surface area contributed by atoms with Gasteiger partial charge in [-0.1, -0.05) is 37.7 Å². The number of ether oxygens (including phenoxy) is 1. The fourth-order valence-electron chi connectivity index (χ4n) is 2.89. The van der Waals surface area contributed by atoms with Gasteiger partial charge in [0.1, 0.15) is 5.75 Å². The van der Waals surface area contributed by atoms with Crippen molar-refractivity contribution in [3.05, 3.63) is 54.1 Å². The van der Waals surface area contributed by atoms with E-state index in [0.29, 0.717) is 11.5 Å². The first kappa shape index (κ1) is 18.5. The molecule has 1 atom stereocenters. The van der Waals surface area contributed by atoms with Crippen molar-refractivity contribution in [3.63, 3.8) is 0 Å². The first-order valence-corrected chi connectivity index (χ1v) is 9.67. The van der Waals surface area contributed by atoms with Crippen LogP contribution >= 0.6 is 11.8 Å². The Morgan fingerprint density at radius 1 is 1.12 bits per heavy atom. The number of Topliss-reactive ketones (excluding diaryl/α,β-unsaturated/α-hetero) is 1. The van der Waals surface area contributed by atoms with Crippen molar-refractivity contribution >= 4 is 28.6 Å². The number of hydrogen-bond acceptors (Lipinski definition) is 4. The molecule has 0 unspecified atom stereocenters. The van der Waals surface area contributed by atoms with E-state index in [1.807, 2.05) is 49.4 Å². The van der Waals surface area contributed by atoms with Crippen molar-refractivity contribution < 1.29 is 9.53 Å². The number of benzene rings is 2. The fourth-order valence-corrected chi connectivity index (χ4v) is 3.90. The molecule has 0 bridgehead atoms. The fraction of sp³-hybridized carbons (Fsp3) is 0.333. The van der Waals surface area contributed by atoms with Crippen LogP contribution in [-0.2, 0) is 6.54 Å². The van der Waals surface area contributed by atoms with Crippen LogP contribution in [0, 0.1) is 5.92 Å². The average Bonchev–Trinajstić information content (AvgIpc) is 2.98. The van der Waals surface area contributed by atoms with Gasteiger partial charge in [-0.05, 0) is 49.2 Å². The zero-order valence-corrected chi connectivity index (χ0v) is 16.4. The van der Waals surface area contributed by atoms with Crippen LogP contribution in [-0.4, -0.2) is 27.7 Å². The summed E-state index contributed by atoms with van der Waals surface area (Å²) in [6.45, 7) is 7.20. The number of para-hydroxylation sites is 2. The number of imidazole rings is 1. The molecule has 4 nitrogen and oxygen atoms in total. The lowest BCUT2D eigenvalue weighted by Crippen LogP contribution is -2.15. The molecule has 0 saturated carbocycles. The molecule has 0 spiro atoms. The van der Waals surface area contributed by atoms with Crippen LogP contribution in [0.5, 0.6) is 5.75 Å². The average molecular weight is 369 g/mol. The summed E-state index contributed by atoms with van der Waals surface area (Å²) >= 11 is 1.52. The third-order valence-corrected chi connectivity index (χ3v) is 5.28. The van der Waals surface area contributed by atoms with Gasteiger partial charge in [0, 0.05) is 12.1 Å². The predicted octanol–water partition coefficient (Wildman–Crippen LogP) is 5.06. The first-order chi connectivity index (χ1) is 12.5. The molecule has 1 aromatic heterocycles. The van der Waals surface area contributed by atoms with Crippen LogP contribution in [0.15, 0.2) is 53.7 Å². The zero-order chi connectivity index (χ0) is 18.7. The van der Waals surface area contributed by atoms with E-state index < -0.39 is 0 Å². The van der Waals surface area contributed by atoms with Crippen molar-refractivity contribution in [2.24, 2.45) is 5.92 Å². The second kappa shape index (κ2) is 7.96. The highest BCUT2D eigenvalue weighted by atomic mass is 32.2. The highest BCUT2D eigenvalue weighted by molar-refractivity contribution is 8.00. The van der Waals surface area contributed by atoms with E-state index >= 15 is 0 Å². The lowest BCUT2D eigenvalue weighted by molar-refractivity contribution is 0.0994. The van der Waals surface area contributed by atoms with Gasteiger partial charge in [-0.2, -0.15) is 0 Å². The lowest BCUT2D eigenvalue weighted by Gasteiger charge is -2.14. The van der Waals surface area contributed by atoms with E-state index in [2.05, 4.69) is 24.5 Å². The number of rotatable bonds is 7. The summed E-state index contributed by atoms with van der Waals surface area (Å²) in [7, 11) is 1.62. The van der Waals surface area contributed by atoms with E-state index in [0.717, 1.165) is 28.5 Å². The van der Waals surface area contributed by atoms with Gasteiger partial charge in [-0.15, -0.1) is 0 Å². The van der Waals surface area contributed by atoms with Gasteiger partial charge in [-0.3, -0.25) is 4.79 Å². The van der Waals surface area contributed by atoms with Gasteiger partial charge in [0.15, 0.2) is 10.9 Å². The molecule has 0 N–H and O–H groups in total. The topological polar surface area (TPSA) is 44.1 Å². The van der Waals surface area contributed by atoms with Gasteiger partial charge in [0.2, 0.25) is 0 Å². The third kappa shape index (κ3) is 3.93. The van der Waals surface area contributed by atoms with Crippen LogP contribution in [0.3, 0.4) is 0 Å². The summed E-state index contributed by atoms with van der Waals surface area (Å²) in [5.41, 5.74) is 2.78. The number of aromatic nitrogens is 2. The van der Waals surface area contributed by atoms with Crippen molar-refractivity contribution in [3.8, 4) is 5.75 Å². The maximum atomic E-state index is 12.8. The Balaban J connectivity index is 1.85. The normalized spacial score (nSPS) is 12.5. The molecular formula is C21H24N2O2S. The van der Waals surface area contributed by atoms with E-state index in [4.69, 9.17) is 9.72 Å². The van der Waals surface area contributed by atoms with Crippen LogP contribution in [0.1, 0.15) is 31.1 Å². The number of methoxy groups -OCH3 is 1. The molecular weight excluding hydrogens is 344 g/mol. The molecule has 3 rings (SSSR count). The number of carbonyl (C=O) groups excluding carboxylic acids is 1. The maximum Gasteiger partial charge on any atom is 0.175 e.